The maximum atomic E-state index is 13.4. The molecule has 10 nitrogen and oxygen atoms in total. The first kappa shape index (κ1) is 25.0. The Morgan fingerprint density at radius 2 is 2.00 bits per heavy atom. The second-order valence-electron chi connectivity index (χ2n) is 9.26. The van der Waals surface area contributed by atoms with Crippen LogP contribution in [0.1, 0.15) is 48.2 Å². The summed E-state index contributed by atoms with van der Waals surface area (Å²) >= 11 is 0. The molecule has 4 N–H and O–H groups in total. The first-order chi connectivity index (χ1) is 16.5. The lowest BCUT2D eigenvalue weighted by molar-refractivity contribution is 0.101. The van der Waals surface area contributed by atoms with Gasteiger partial charge in [0, 0.05) is 36.1 Å². The number of benzene rings is 1. The van der Waals surface area contributed by atoms with E-state index in [1.807, 2.05) is 47.3 Å². The van der Waals surface area contributed by atoms with Crippen molar-refractivity contribution in [2.24, 2.45) is 11.1 Å². The lowest BCUT2D eigenvalue weighted by atomic mass is 9.94. The molecule has 1 saturated carbocycles. The molecule has 2 heterocycles. The largest absolute Gasteiger partial charge is 0.393 e. The third-order valence-electron chi connectivity index (χ3n) is 6.48. The zero-order valence-corrected chi connectivity index (χ0v) is 20.4. The average Bonchev–Trinajstić information content (AvgIpc) is 3.45. The second kappa shape index (κ2) is 9.86. The van der Waals surface area contributed by atoms with E-state index in [1.165, 1.54) is 12.5 Å². The summed E-state index contributed by atoms with van der Waals surface area (Å²) in [5.41, 5.74) is 1.56. The summed E-state index contributed by atoms with van der Waals surface area (Å²) in [6.07, 6.45) is 6.49. The molecule has 0 amide bonds. The van der Waals surface area contributed by atoms with Gasteiger partial charge in [0.2, 0.25) is 0 Å². The number of nitrogens with zero attached hydrogens (tertiary/aromatic N) is 3. The molecule has 0 aliphatic heterocycles. The van der Waals surface area contributed by atoms with Crippen LogP contribution in [0.25, 0.3) is 0 Å². The third-order valence-corrected chi connectivity index (χ3v) is 6.95. The van der Waals surface area contributed by atoms with E-state index in [0.29, 0.717) is 29.8 Å². The molecule has 1 aliphatic rings. The Morgan fingerprint density at radius 3 is 2.71 bits per heavy atom. The van der Waals surface area contributed by atoms with Crippen molar-refractivity contribution in [3.8, 4) is 0 Å². The fourth-order valence-corrected chi connectivity index (χ4v) is 4.78. The summed E-state index contributed by atoms with van der Waals surface area (Å²) in [6, 6.07) is 11.6. The number of anilines is 1. The van der Waals surface area contributed by atoms with Gasteiger partial charge in [0.15, 0.2) is 5.78 Å². The number of aromatic nitrogens is 3. The Balaban J connectivity index is 1.50. The molecule has 35 heavy (non-hydrogen) atoms. The van der Waals surface area contributed by atoms with E-state index in [4.69, 9.17) is 5.14 Å². The molecule has 0 bridgehead atoms. The van der Waals surface area contributed by atoms with E-state index in [0.717, 1.165) is 5.56 Å². The van der Waals surface area contributed by atoms with Crippen LogP contribution in [0.2, 0.25) is 0 Å². The van der Waals surface area contributed by atoms with Crippen molar-refractivity contribution in [1.29, 1.82) is 0 Å². The fraction of sp³-hybridized carbons (Fsp3) is 0.375. The molecule has 3 atom stereocenters. The van der Waals surface area contributed by atoms with Gasteiger partial charge in [-0.2, -0.15) is 8.42 Å². The van der Waals surface area contributed by atoms with Gasteiger partial charge < -0.3 is 15.0 Å². The van der Waals surface area contributed by atoms with Crippen molar-refractivity contribution in [3.63, 3.8) is 0 Å². The molecule has 0 saturated heterocycles. The number of carbonyl (C=O) groups is 1. The van der Waals surface area contributed by atoms with Crippen LogP contribution in [-0.2, 0) is 20.0 Å². The highest BCUT2D eigenvalue weighted by molar-refractivity contribution is 7.84. The van der Waals surface area contributed by atoms with E-state index >= 15 is 0 Å². The summed E-state index contributed by atoms with van der Waals surface area (Å²) in [5.74, 6) is -0.297. The molecule has 1 fully saturated rings. The molecule has 1 aromatic carbocycles. The number of ketones is 1. The van der Waals surface area contributed by atoms with Gasteiger partial charge in [-0.1, -0.05) is 30.3 Å². The van der Waals surface area contributed by atoms with E-state index in [2.05, 4.69) is 33.3 Å². The molecule has 1 aliphatic carbocycles. The van der Waals surface area contributed by atoms with Gasteiger partial charge in [-0.25, -0.2) is 15.1 Å². The highest BCUT2D eigenvalue weighted by Crippen LogP contribution is 2.31. The minimum Gasteiger partial charge on any atom is -0.393 e. The van der Waals surface area contributed by atoms with E-state index in [-0.39, 0.29) is 24.0 Å². The number of hydrogen-bond acceptors (Lipinski definition) is 8. The Bertz CT molecular complexity index is 1290. The van der Waals surface area contributed by atoms with Crippen molar-refractivity contribution < 1.29 is 22.5 Å². The number of hydrogen-bond donors (Lipinski definition) is 3. The molecule has 3 aromatic rings. The van der Waals surface area contributed by atoms with Crippen molar-refractivity contribution in [2.75, 3.05) is 11.9 Å². The SMILES string of the molecule is CC(C)(c1ccccc1)n1ccc(C(=O)c2cncnc2N[C@@H]2C[C@H](COS(N)(=O)=O)[C@@H](O)C2)c1. The van der Waals surface area contributed by atoms with Crippen molar-refractivity contribution >= 4 is 21.9 Å². The smallest absolute Gasteiger partial charge is 0.333 e. The molecule has 0 radical (unpaired) electrons. The number of nitrogens with two attached hydrogens (primary N) is 1. The van der Waals surface area contributed by atoms with Crippen LogP contribution >= 0.6 is 0 Å². The lowest BCUT2D eigenvalue weighted by Crippen LogP contribution is -2.26. The highest BCUT2D eigenvalue weighted by atomic mass is 32.2. The van der Waals surface area contributed by atoms with Crippen LogP contribution in [-0.4, -0.2) is 52.6 Å². The van der Waals surface area contributed by atoms with E-state index < -0.39 is 22.3 Å². The van der Waals surface area contributed by atoms with Crippen LogP contribution in [0.5, 0.6) is 0 Å². The molecule has 0 unspecified atom stereocenters. The third kappa shape index (κ3) is 5.76. The predicted octanol–water partition coefficient (Wildman–Crippen LogP) is 2.06. The summed E-state index contributed by atoms with van der Waals surface area (Å²) in [5, 5.41) is 18.4. The predicted molar refractivity (Wildman–Crippen MR) is 130 cm³/mol. The number of carbonyl (C=O) groups excluding carboxylic acids is 1. The monoisotopic (exact) mass is 499 g/mol. The Morgan fingerprint density at radius 1 is 1.26 bits per heavy atom. The average molecular weight is 500 g/mol. The minimum absolute atomic E-state index is 0.210. The van der Waals surface area contributed by atoms with Gasteiger partial charge in [0.25, 0.3) is 0 Å². The van der Waals surface area contributed by atoms with Gasteiger partial charge in [-0.15, -0.1) is 0 Å². The minimum atomic E-state index is -4.09. The highest BCUT2D eigenvalue weighted by Gasteiger charge is 2.35. The van der Waals surface area contributed by atoms with Gasteiger partial charge in [-0.05, 0) is 38.3 Å². The van der Waals surface area contributed by atoms with Crippen molar-refractivity contribution in [2.45, 2.75) is 44.4 Å². The van der Waals surface area contributed by atoms with E-state index in [9.17, 15) is 18.3 Å². The number of aliphatic hydroxyl groups excluding tert-OH is 1. The lowest BCUT2D eigenvalue weighted by Gasteiger charge is -2.27. The van der Waals surface area contributed by atoms with Gasteiger partial charge >= 0.3 is 10.3 Å². The second-order valence-corrected chi connectivity index (χ2v) is 10.5. The van der Waals surface area contributed by atoms with Crippen LogP contribution in [0.15, 0.2) is 61.3 Å². The van der Waals surface area contributed by atoms with Gasteiger partial charge in [0.1, 0.15) is 12.1 Å². The Labute approximate surface area is 204 Å². The molecule has 11 heteroatoms. The first-order valence-electron chi connectivity index (χ1n) is 11.2. The van der Waals surface area contributed by atoms with E-state index in [1.54, 1.807) is 6.07 Å². The zero-order valence-electron chi connectivity index (χ0n) is 19.5. The van der Waals surface area contributed by atoms with Crippen molar-refractivity contribution in [3.05, 3.63) is 78.0 Å². The standard InChI is InChI=1S/C24H29N5O5S/c1-24(2,18-6-4-3-5-7-18)29-9-8-16(13-29)22(31)20-12-26-15-27-23(20)28-19-10-17(21(30)11-19)14-34-35(25,32)33/h3-9,12-13,15,17,19,21,30H,10-11,14H2,1-2H3,(H2,25,32,33)(H,26,27,28)/t17-,19-,21+/m1/s1. The number of aliphatic hydroxyl groups is 1. The molecular formula is C24H29N5O5S. The Hall–Kier alpha value is -3.12. The molecular weight excluding hydrogens is 470 g/mol. The van der Waals surface area contributed by atoms with Crippen LogP contribution in [0.3, 0.4) is 0 Å². The zero-order chi connectivity index (χ0) is 25.2. The summed E-state index contributed by atoms with van der Waals surface area (Å²) in [4.78, 5) is 21.7. The summed E-state index contributed by atoms with van der Waals surface area (Å²) in [6.45, 7) is 3.95. The van der Waals surface area contributed by atoms with Crippen LogP contribution < -0.4 is 10.5 Å². The molecule has 0 spiro atoms. The normalized spacial score (nSPS) is 20.6. The fourth-order valence-electron chi connectivity index (χ4n) is 4.42. The van der Waals surface area contributed by atoms with Crippen LogP contribution in [0.4, 0.5) is 5.82 Å². The number of rotatable bonds is 9. The quantitative estimate of drug-likeness (QED) is 0.379. The summed E-state index contributed by atoms with van der Waals surface area (Å²) in [7, 11) is -4.09. The number of nitrogens with one attached hydrogen (secondary N) is 1. The molecule has 4 rings (SSSR count). The van der Waals surface area contributed by atoms with Crippen molar-refractivity contribution in [1.82, 2.24) is 14.5 Å². The Kier molecular flexibility index (Phi) is 7.04. The van der Waals surface area contributed by atoms with Crippen LogP contribution in [0, 0.1) is 5.92 Å². The topological polar surface area (TPSA) is 149 Å². The van der Waals surface area contributed by atoms with Gasteiger partial charge in [-0.3, -0.25) is 8.98 Å². The maximum Gasteiger partial charge on any atom is 0.333 e. The molecule has 186 valence electrons. The first-order valence-corrected chi connectivity index (χ1v) is 12.7. The maximum absolute atomic E-state index is 13.4. The molecule has 2 aromatic heterocycles. The summed E-state index contributed by atoms with van der Waals surface area (Å²) < 4.78 is 28.8. The van der Waals surface area contributed by atoms with Gasteiger partial charge in [0.05, 0.1) is 23.8 Å².